The van der Waals surface area contributed by atoms with Crippen molar-refractivity contribution in [2.45, 2.75) is 32.0 Å². The van der Waals surface area contributed by atoms with Gasteiger partial charge in [-0.25, -0.2) is 0 Å². The van der Waals surface area contributed by atoms with Crippen LogP contribution in [0.3, 0.4) is 0 Å². The van der Waals surface area contributed by atoms with Crippen LogP contribution in [0, 0.1) is 5.92 Å². The van der Waals surface area contributed by atoms with Crippen molar-refractivity contribution in [3.05, 3.63) is 34.3 Å². The highest BCUT2D eigenvalue weighted by molar-refractivity contribution is 9.10. The Morgan fingerprint density at radius 1 is 1.32 bits per heavy atom. The molecule has 3 nitrogen and oxygen atoms in total. The fraction of sp³-hybridized carbons (Fsp3) is 0.600. The summed E-state index contributed by atoms with van der Waals surface area (Å²) in [6, 6.07) is 7.80. The molecule has 0 saturated carbocycles. The Bertz CT molecular complexity index is 394. The van der Waals surface area contributed by atoms with E-state index < -0.39 is 6.10 Å². The molecule has 2 N–H and O–H groups in total. The highest BCUT2D eigenvalue weighted by Gasteiger charge is 2.24. The number of halogens is 1. The molecule has 1 aliphatic heterocycles. The maximum Gasteiger partial charge on any atom is 0.0916 e. The van der Waals surface area contributed by atoms with Crippen LogP contribution >= 0.6 is 15.9 Å². The first kappa shape index (κ1) is 15.0. The molecular weight excluding hydrogens is 306 g/mol. The molecule has 0 amide bonds. The molecule has 1 heterocycles. The smallest absolute Gasteiger partial charge is 0.0916 e. The predicted octanol–water partition coefficient (Wildman–Crippen LogP) is 2.58. The Labute approximate surface area is 123 Å². The van der Waals surface area contributed by atoms with Crippen LogP contribution < -0.4 is 0 Å². The zero-order valence-corrected chi connectivity index (χ0v) is 12.9. The fourth-order valence-corrected chi connectivity index (χ4v) is 2.95. The van der Waals surface area contributed by atoms with Gasteiger partial charge in [0.1, 0.15) is 0 Å². The summed E-state index contributed by atoms with van der Waals surface area (Å²) in [5.74, 6) is 0.339. The number of hydrogen-bond donors (Lipinski definition) is 2. The van der Waals surface area contributed by atoms with Crippen molar-refractivity contribution < 1.29 is 10.2 Å². The van der Waals surface area contributed by atoms with Gasteiger partial charge in [-0.15, -0.1) is 0 Å². The van der Waals surface area contributed by atoms with Crippen LogP contribution in [0.4, 0.5) is 0 Å². The highest BCUT2D eigenvalue weighted by Crippen LogP contribution is 2.23. The zero-order chi connectivity index (χ0) is 13.8. The summed E-state index contributed by atoms with van der Waals surface area (Å²) >= 11 is 3.40. The van der Waals surface area contributed by atoms with Gasteiger partial charge in [0.2, 0.25) is 0 Å². The van der Waals surface area contributed by atoms with Crippen molar-refractivity contribution in [1.29, 1.82) is 0 Å². The van der Waals surface area contributed by atoms with Gasteiger partial charge >= 0.3 is 0 Å². The molecule has 0 aliphatic carbocycles. The quantitative estimate of drug-likeness (QED) is 0.893. The van der Waals surface area contributed by atoms with Gasteiger partial charge in [-0.2, -0.15) is 0 Å². The van der Waals surface area contributed by atoms with Crippen LogP contribution in [-0.2, 0) is 0 Å². The molecule has 0 radical (unpaired) electrons. The van der Waals surface area contributed by atoms with Gasteiger partial charge in [0.05, 0.1) is 12.2 Å². The van der Waals surface area contributed by atoms with Gasteiger partial charge in [0.25, 0.3) is 0 Å². The van der Waals surface area contributed by atoms with E-state index in [0.717, 1.165) is 36.0 Å². The fourth-order valence-electron chi connectivity index (χ4n) is 2.69. The van der Waals surface area contributed by atoms with Gasteiger partial charge in [0, 0.05) is 17.6 Å². The molecule has 0 bridgehead atoms. The topological polar surface area (TPSA) is 43.7 Å². The number of rotatable bonds is 4. The zero-order valence-electron chi connectivity index (χ0n) is 11.3. The van der Waals surface area contributed by atoms with E-state index in [0.29, 0.717) is 12.5 Å². The van der Waals surface area contributed by atoms with Gasteiger partial charge in [-0.1, -0.05) is 28.1 Å². The molecule has 0 aromatic heterocycles. The summed E-state index contributed by atoms with van der Waals surface area (Å²) in [6.45, 7) is 4.40. The monoisotopic (exact) mass is 327 g/mol. The molecule has 106 valence electrons. The summed E-state index contributed by atoms with van der Waals surface area (Å²) in [7, 11) is 0. The number of β-amino-alcohol motifs (C(OH)–C–C–N with tert-alkyl or cyclic N) is 1. The molecule has 3 atom stereocenters. The van der Waals surface area contributed by atoms with Crippen LogP contribution in [0.2, 0.25) is 0 Å². The molecule has 1 aliphatic rings. The first-order chi connectivity index (χ1) is 9.06. The minimum absolute atomic E-state index is 0.257. The average molecular weight is 328 g/mol. The molecule has 1 fully saturated rings. The van der Waals surface area contributed by atoms with Crippen molar-refractivity contribution in [2.24, 2.45) is 5.92 Å². The normalized spacial score (nSPS) is 24.1. The van der Waals surface area contributed by atoms with Crippen molar-refractivity contribution in [1.82, 2.24) is 4.90 Å². The third-order valence-corrected chi connectivity index (χ3v) is 4.44. The lowest BCUT2D eigenvalue weighted by atomic mass is 9.93. The maximum absolute atomic E-state index is 10.3. The number of likely N-dealkylation sites (tertiary alicyclic amines) is 1. The Morgan fingerprint density at radius 3 is 2.63 bits per heavy atom. The lowest BCUT2D eigenvalue weighted by Gasteiger charge is -2.35. The molecule has 3 unspecified atom stereocenters. The molecule has 1 aromatic carbocycles. The molecule has 19 heavy (non-hydrogen) atoms. The standard InChI is InChI=1S/C15H22BrNO2/c1-11(18)13-3-2-8-17(9-13)10-15(19)12-4-6-14(16)7-5-12/h4-7,11,13,15,18-19H,2-3,8-10H2,1H3. The molecule has 0 spiro atoms. The lowest BCUT2D eigenvalue weighted by Crippen LogP contribution is -2.41. The van der Waals surface area contributed by atoms with Gasteiger partial charge < -0.3 is 15.1 Å². The Balaban J connectivity index is 1.91. The second-order valence-corrected chi connectivity index (χ2v) is 6.39. The average Bonchev–Trinajstić information content (AvgIpc) is 2.39. The number of piperidine rings is 1. The number of hydrogen-bond acceptors (Lipinski definition) is 3. The van der Waals surface area contributed by atoms with Crippen LogP contribution in [0.25, 0.3) is 0 Å². The Kier molecular flexibility index (Phi) is 5.39. The summed E-state index contributed by atoms with van der Waals surface area (Å²) in [6.07, 6.45) is 1.47. The van der Waals surface area contributed by atoms with E-state index in [9.17, 15) is 10.2 Å². The van der Waals surface area contributed by atoms with Gasteiger partial charge in [-0.05, 0) is 49.9 Å². The maximum atomic E-state index is 10.3. The summed E-state index contributed by atoms with van der Waals surface area (Å²) in [4.78, 5) is 2.26. The number of nitrogens with zero attached hydrogens (tertiary/aromatic N) is 1. The van der Waals surface area contributed by atoms with Crippen LogP contribution in [0.15, 0.2) is 28.7 Å². The second-order valence-electron chi connectivity index (χ2n) is 5.47. The van der Waals surface area contributed by atoms with E-state index in [1.54, 1.807) is 0 Å². The van der Waals surface area contributed by atoms with Crippen molar-refractivity contribution in [2.75, 3.05) is 19.6 Å². The van der Waals surface area contributed by atoms with Crippen molar-refractivity contribution in [3.8, 4) is 0 Å². The highest BCUT2D eigenvalue weighted by atomic mass is 79.9. The minimum Gasteiger partial charge on any atom is -0.393 e. The first-order valence-electron chi connectivity index (χ1n) is 6.90. The second kappa shape index (κ2) is 6.84. The van der Waals surface area contributed by atoms with Crippen LogP contribution in [0.5, 0.6) is 0 Å². The predicted molar refractivity (Wildman–Crippen MR) is 79.9 cm³/mol. The van der Waals surface area contributed by atoms with E-state index in [2.05, 4.69) is 20.8 Å². The van der Waals surface area contributed by atoms with E-state index >= 15 is 0 Å². The third kappa shape index (κ3) is 4.28. The molecule has 1 saturated heterocycles. The summed E-state index contributed by atoms with van der Waals surface area (Å²) in [5, 5.41) is 20.0. The Hall–Kier alpha value is -0.420. The van der Waals surface area contributed by atoms with Crippen molar-refractivity contribution >= 4 is 15.9 Å². The Morgan fingerprint density at radius 2 is 2.00 bits per heavy atom. The van der Waals surface area contributed by atoms with Crippen molar-refractivity contribution in [3.63, 3.8) is 0 Å². The first-order valence-corrected chi connectivity index (χ1v) is 7.69. The number of aliphatic hydroxyl groups is 2. The van der Waals surface area contributed by atoms with Gasteiger partial charge in [-0.3, -0.25) is 0 Å². The van der Waals surface area contributed by atoms with E-state index in [-0.39, 0.29) is 6.10 Å². The summed E-state index contributed by atoms with van der Waals surface area (Å²) in [5.41, 5.74) is 0.947. The van der Waals surface area contributed by atoms with Gasteiger partial charge in [0.15, 0.2) is 0 Å². The van der Waals surface area contributed by atoms with E-state index in [4.69, 9.17) is 0 Å². The minimum atomic E-state index is -0.458. The van der Waals surface area contributed by atoms with E-state index in [1.807, 2.05) is 31.2 Å². The summed E-state index contributed by atoms with van der Waals surface area (Å²) < 4.78 is 1.02. The third-order valence-electron chi connectivity index (χ3n) is 3.91. The molecule has 4 heteroatoms. The largest absolute Gasteiger partial charge is 0.393 e. The van der Waals surface area contributed by atoms with Crippen LogP contribution in [-0.4, -0.2) is 40.9 Å². The molecular formula is C15H22BrNO2. The molecule has 2 rings (SSSR count). The number of benzene rings is 1. The lowest BCUT2D eigenvalue weighted by molar-refractivity contribution is 0.0377. The SMILES string of the molecule is CC(O)C1CCCN(CC(O)c2ccc(Br)cc2)C1. The van der Waals surface area contributed by atoms with Crippen LogP contribution in [0.1, 0.15) is 31.4 Å². The molecule has 1 aromatic rings. The number of aliphatic hydroxyl groups excluding tert-OH is 2. The van der Waals surface area contributed by atoms with E-state index in [1.165, 1.54) is 0 Å².